The highest BCUT2D eigenvalue weighted by Crippen LogP contribution is 2.23. The predicted molar refractivity (Wildman–Crippen MR) is 66.3 cm³/mol. The van der Waals surface area contributed by atoms with Crippen molar-refractivity contribution in [2.24, 2.45) is 7.05 Å². The number of nitrogens with zero attached hydrogens (tertiary/aromatic N) is 3. The molecule has 84 valence electrons. The van der Waals surface area contributed by atoms with Gasteiger partial charge in [-0.25, -0.2) is 0 Å². The average molecular weight is 244 g/mol. The van der Waals surface area contributed by atoms with Gasteiger partial charge in [0.2, 0.25) is 0 Å². The van der Waals surface area contributed by atoms with Crippen molar-refractivity contribution in [1.29, 1.82) is 0 Å². The molecule has 1 aliphatic rings. The number of aryl methyl sites for hydroxylation is 1. The zero-order chi connectivity index (χ0) is 10.5. The monoisotopic (exact) mass is 244 g/mol. The maximum Gasteiger partial charge on any atom is 0.0964 e. The number of thioether (sulfide) groups is 2. The highest BCUT2D eigenvalue weighted by atomic mass is 32.2. The number of rotatable bonds is 4. The van der Waals surface area contributed by atoms with Crippen molar-refractivity contribution in [3.63, 3.8) is 0 Å². The molecule has 1 atom stereocenters. The molecular weight excluding hydrogens is 228 g/mol. The van der Waals surface area contributed by atoms with Crippen molar-refractivity contribution < 1.29 is 0 Å². The molecule has 0 spiro atoms. The molecule has 0 radical (unpaired) electrons. The molecule has 0 amide bonds. The molecule has 1 aromatic heterocycles. The summed E-state index contributed by atoms with van der Waals surface area (Å²) in [5.74, 6) is 3.88. The average Bonchev–Trinajstić information content (AvgIpc) is 2.66. The quantitative estimate of drug-likeness (QED) is 0.847. The van der Waals surface area contributed by atoms with E-state index in [4.69, 9.17) is 0 Å². The van der Waals surface area contributed by atoms with Gasteiger partial charge in [0.1, 0.15) is 0 Å². The van der Waals surface area contributed by atoms with Gasteiger partial charge in [0.15, 0.2) is 0 Å². The Bertz CT molecular complexity index is 296. The van der Waals surface area contributed by atoms with Gasteiger partial charge in [-0.3, -0.25) is 4.68 Å². The van der Waals surface area contributed by atoms with E-state index in [1.807, 2.05) is 13.2 Å². The molecule has 6 heteroatoms. The van der Waals surface area contributed by atoms with Gasteiger partial charge in [0.05, 0.1) is 5.69 Å². The smallest absolute Gasteiger partial charge is 0.0964 e. The molecule has 4 nitrogen and oxygen atoms in total. The Morgan fingerprint density at radius 2 is 2.53 bits per heavy atom. The molecule has 1 fully saturated rings. The fourth-order valence-electron chi connectivity index (χ4n) is 1.49. The fraction of sp³-hybridized carbons (Fsp3) is 0.778. The first-order valence-corrected chi connectivity index (χ1v) is 7.30. The molecular formula is C9H16N4S2. The van der Waals surface area contributed by atoms with Crippen molar-refractivity contribution in [2.45, 2.75) is 11.8 Å². The summed E-state index contributed by atoms with van der Waals surface area (Å²) in [6.45, 7) is 1.91. The van der Waals surface area contributed by atoms with Crippen LogP contribution in [0, 0.1) is 0 Å². The second kappa shape index (κ2) is 5.77. The zero-order valence-electron chi connectivity index (χ0n) is 8.85. The first kappa shape index (κ1) is 11.3. The molecule has 1 saturated heterocycles. The van der Waals surface area contributed by atoms with Gasteiger partial charge in [0.25, 0.3) is 0 Å². The molecule has 2 rings (SSSR count). The Kier molecular flexibility index (Phi) is 4.34. The summed E-state index contributed by atoms with van der Waals surface area (Å²) in [5, 5.41) is 12.1. The van der Waals surface area contributed by atoms with Crippen LogP contribution in [0.4, 0.5) is 0 Å². The molecule has 1 unspecified atom stereocenters. The fourth-order valence-corrected chi connectivity index (χ4v) is 4.14. The Morgan fingerprint density at radius 3 is 3.20 bits per heavy atom. The summed E-state index contributed by atoms with van der Waals surface area (Å²) in [6, 6.07) is 0. The minimum absolute atomic E-state index is 0.764. The number of hydrogen-bond donors (Lipinski definition) is 1. The largest absolute Gasteiger partial charge is 0.310 e. The van der Waals surface area contributed by atoms with Gasteiger partial charge in [-0.05, 0) is 0 Å². The topological polar surface area (TPSA) is 42.7 Å². The van der Waals surface area contributed by atoms with E-state index in [0.717, 1.165) is 24.0 Å². The van der Waals surface area contributed by atoms with Crippen molar-refractivity contribution in [2.75, 3.05) is 23.8 Å². The lowest BCUT2D eigenvalue weighted by Gasteiger charge is -2.20. The molecule has 15 heavy (non-hydrogen) atoms. The summed E-state index contributed by atoms with van der Waals surface area (Å²) in [4.78, 5) is 0. The van der Waals surface area contributed by atoms with Gasteiger partial charge in [0, 0.05) is 48.8 Å². The number of aromatic nitrogens is 3. The first-order chi connectivity index (χ1) is 7.34. The summed E-state index contributed by atoms with van der Waals surface area (Å²) in [5.41, 5.74) is 1.02. The van der Waals surface area contributed by atoms with E-state index in [0.29, 0.717) is 0 Å². The van der Waals surface area contributed by atoms with E-state index in [1.54, 1.807) is 4.68 Å². The summed E-state index contributed by atoms with van der Waals surface area (Å²) >= 11 is 4.14. The van der Waals surface area contributed by atoms with Crippen molar-refractivity contribution in [1.82, 2.24) is 20.3 Å². The minimum Gasteiger partial charge on any atom is -0.310 e. The van der Waals surface area contributed by atoms with E-state index in [-0.39, 0.29) is 0 Å². The third-order valence-corrected chi connectivity index (χ3v) is 5.06. The van der Waals surface area contributed by atoms with Crippen LogP contribution in [0.15, 0.2) is 6.20 Å². The molecule has 0 bridgehead atoms. The normalized spacial score (nSPS) is 21.8. The van der Waals surface area contributed by atoms with Crippen LogP contribution in [0.25, 0.3) is 0 Å². The highest BCUT2D eigenvalue weighted by Gasteiger charge is 2.13. The maximum atomic E-state index is 4.04. The zero-order valence-corrected chi connectivity index (χ0v) is 10.5. The SMILES string of the molecule is Cn1cc(CNCC2CSCCS2)nn1. The number of nitrogens with one attached hydrogen (secondary N) is 1. The molecule has 1 aliphatic heterocycles. The predicted octanol–water partition coefficient (Wildman–Crippen LogP) is 0.753. The molecule has 2 heterocycles. The molecule has 0 saturated carbocycles. The van der Waals surface area contributed by atoms with E-state index >= 15 is 0 Å². The maximum absolute atomic E-state index is 4.04. The second-order valence-electron chi connectivity index (χ2n) is 3.58. The third-order valence-electron chi connectivity index (χ3n) is 2.21. The van der Waals surface area contributed by atoms with Crippen LogP contribution >= 0.6 is 23.5 Å². The van der Waals surface area contributed by atoms with Crippen LogP contribution in [0.3, 0.4) is 0 Å². The lowest BCUT2D eigenvalue weighted by Crippen LogP contribution is -2.28. The highest BCUT2D eigenvalue weighted by molar-refractivity contribution is 8.06. The van der Waals surface area contributed by atoms with E-state index in [2.05, 4.69) is 39.2 Å². The third kappa shape index (κ3) is 3.70. The Hall–Kier alpha value is -0.200. The van der Waals surface area contributed by atoms with Gasteiger partial charge in [-0.1, -0.05) is 5.21 Å². The Morgan fingerprint density at radius 1 is 1.60 bits per heavy atom. The lowest BCUT2D eigenvalue weighted by atomic mass is 10.4. The standard InChI is InChI=1S/C9H16N4S2/c1-13-6-8(11-12-13)4-10-5-9-7-14-2-3-15-9/h6,9-10H,2-5,7H2,1H3. The van der Waals surface area contributed by atoms with Crippen LogP contribution < -0.4 is 5.32 Å². The van der Waals surface area contributed by atoms with Gasteiger partial charge in [-0.15, -0.1) is 5.10 Å². The van der Waals surface area contributed by atoms with Crippen LogP contribution in [-0.4, -0.2) is 44.0 Å². The van der Waals surface area contributed by atoms with E-state index in [9.17, 15) is 0 Å². The van der Waals surface area contributed by atoms with Crippen LogP contribution in [-0.2, 0) is 13.6 Å². The van der Waals surface area contributed by atoms with Crippen molar-refractivity contribution in [3.05, 3.63) is 11.9 Å². The molecule has 1 N–H and O–H groups in total. The summed E-state index contributed by atoms with van der Waals surface area (Å²) in [7, 11) is 1.89. The van der Waals surface area contributed by atoms with Crippen LogP contribution in [0.5, 0.6) is 0 Å². The molecule has 1 aromatic rings. The molecule has 0 aliphatic carbocycles. The van der Waals surface area contributed by atoms with Crippen LogP contribution in [0.2, 0.25) is 0 Å². The van der Waals surface area contributed by atoms with Gasteiger partial charge >= 0.3 is 0 Å². The van der Waals surface area contributed by atoms with Gasteiger partial charge in [-0.2, -0.15) is 23.5 Å². The van der Waals surface area contributed by atoms with Crippen molar-refractivity contribution >= 4 is 23.5 Å². The molecule has 0 aromatic carbocycles. The summed E-state index contributed by atoms with van der Waals surface area (Å²) < 4.78 is 1.74. The lowest BCUT2D eigenvalue weighted by molar-refractivity contribution is 0.669. The number of hydrogen-bond acceptors (Lipinski definition) is 5. The first-order valence-electron chi connectivity index (χ1n) is 5.10. The second-order valence-corrected chi connectivity index (χ2v) is 6.14. The minimum atomic E-state index is 0.764. The Labute approximate surface area is 98.6 Å². The summed E-state index contributed by atoms with van der Waals surface area (Å²) in [6.07, 6.45) is 1.95. The van der Waals surface area contributed by atoms with E-state index < -0.39 is 0 Å². The van der Waals surface area contributed by atoms with E-state index in [1.165, 1.54) is 17.3 Å². The van der Waals surface area contributed by atoms with Gasteiger partial charge < -0.3 is 5.32 Å². The van der Waals surface area contributed by atoms with Crippen molar-refractivity contribution in [3.8, 4) is 0 Å². The van der Waals surface area contributed by atoms with Crippen LogP contribution in [0.1, 0.15) is 5.69 Å². The Balaban J connectivity index is 1.65.